The van der Waals surface area contributed by atoms with E-state index in [-0.39, 0.29) is 23.1 Å². The van der Waals surface area contributed by atoms with Crippen molar-refractivity contribution >= 4 is 81.4 Å². The fourth-order valence-electron chi connectivity index (χ4n) is 0.258. The smallest absolute Gasteiger partial charge is 0.411 e. The molecule has 0 aromatic rings. The first-order valence-electron chi connectivity index (χ1n) is 4.20. The van der Waals surface area contributed by atoms with Crippen LogP contribution in [0.2, 0.25) is 0 Å². The number of thiocarbonyl (C=S) groups is 2. The minimum Gasteiger partial charge on any atom is -0.411 e. The van der Waals surface area contributed by atoms with E-state index in [0.29, 0.717) is 8.64 Å². The van der Waals surface area contributed by atoms with Crippen LogP contribution in [0.4, 0.5) is 0 Å². The van der Waals surface area contributed by atoms with E-state index < -0.39 is 0 Å². The Balaban J connectivity index is -0.000000180. The van der Waals surface area contributed by atoms with Crippen LogP contribution in [-0.4, -0.2) is 68.7 Å². The Bertz CT molecular complexity index is 169. The van der Waals surface area contributed by atoms with Gasteiger partial charge in [0.15, 0.2) is 0 Å². The molecule has 0 aliphatic heterocycles. The molecule has 0 unspecified atom stereocenters. The molecule has 15 heavy (non-hydrogen) atoms. The molecular weight excluding hydrogens is 277 g/mol. The second-order valence-electron chi connectivity index (χ2n) is 2.56. The minimum absolute atomic E-state index is 0. The monoisotopic (exact) mass is 292 g/mol. The van der Waals surface area contributed by atoms with E-state index in [4.69, 9.17) is 0 Å². The molecule has 0 N–H and O–H groups in total. The van der Waals surface area contributed by atoms with Crippen LogP contribution in [0.5, 0.6) is 0 Å². The molecular formula is C8H16MgN2S4. The Morgan fingerprint density at radius 1 is 0.933 bits per heavy atom. The average Bonchev–Trinajstić information content (AvgIpc) is 2.15. The van der Waals surface area contributed by atoms with Crippen LogP contribution < -0.4 is 0 Å². The van der Waals surface area contributed by atoms with Gasteiger partial charge in [0.05, 0.1) is 0 Å². The molecule has 2 nitrogen and oxygen atoms in total. The Morgan fingerprint density at radius 3 is 1.13 bits per heavy atom. The number of rotatable bonds is 2. The van der Waals surface area contributed by atoms with Gasteiger partial charge in [0.25, 0.3) is 0 Å². The Morgan fingerprint density at radius 2 is 1.13 bits per heavy atom. The van der Waals surface area contributed by atoms with Crippen LogP contribution in [0.3, 0.4) is 0 Å². The third-order valence-corrected chi connectivity index (χ3v) is 2.82. The normalized spacial score (nSPS) is 7.73. The van der Waals surface area contributed by atoms with E-state index in [1.807, 2.05) is 37.7 Å². The maximum Gasteiger partial charge on any atom is 2.00 e. The van der Waals surface area contributed by atoms with Crippen molar-refractivity contribution in [1.29, 1.82) is 0 Å². The first kappa shape index (κ1) is 21.3. The fraction of sp³-hybridized carbons (Fsp3) is 0.750. The third kappa shape index (κ3) is 15.0. The fourth-order valence-corrected chi connectivity index (χ4v) is 0.775. The van der Waals surface area contributed by atoms with Crippen molar-refractivity contribution < 1.29 is 0 Å². The molecule has 0 amide bonds. The van der Waals surface area contributed by atoms with Crippen molar-refractivity contribution in [3.05, 3.63) is 0 Å². The van der Waals surface area contributed by atoms with E-state index in [1.54, 1.807) is 0 Å². The van der Waals surface area contributed by atoms with Gasteiger partial charge in [-0.1, -0.05) is 8.64 Å². The summed E-state index contributed by atoms with van der Waals surface area (Å²) >= 11 is 18.6. The summed E-state index contributed by atoms with van der Waals surface area (Å²) in [5, 5.41) is 0. The molecule has 0 aliphatic rings. The Kier molecular flexibility index (Phi) is 18.5. The van der Waals surface area contributed by atoms with E-state index >= 15 is 0 Å². The van der Waals surface area contributed by atoms with Gasteiger partial charge < -0.3 is 59.5 Å². The maximum absolute atomic E-state index is 4.66. The van der Waals surface area contributed by atoms with Gasteiger partial charge in [0.2, 0.25) is 0 Å². The van der Waals surface area contributed by atoms with E-state index in [2.05, 4.69) is 49.7 Å². The van der Waals surface area contributed by atoms with Crippen molar-refractivity contribution in [2.45, 2.75) is 13.8 Å². The summed E-state index contributed by atoms with van der Waals surface area (Å²) in [6, 6.07) is 0. The molecule has 0 saturated heterocycles. The van der Waals surface area contributed by atoms with E-state index in [9.17, 15) is 0 Å². The Labute approximate surface area is 131 Å². The van der Waals surface area contributed by atoms with Gasteiger partial charge in [-0.15, -0.1) is 0 Å². The summed E-state index contributed by atoms with van der Waals surface area (Å²) in [6.45, 7) is 5.84. The number of nitrogens with zero attached hydrogens (tertiary/aromatic N) is 2. The first-order valence-corrected chi connectivity index (χ1v) is 5.84. The summed E-state index contributed by atoms with van der Waals surface area (Å²) in [4.78, 5) is 3.68. The van der Waals surface area contributed by atoms with Gasteiger partial charge in [-0.05, 0) is 13.8 Å². The van der Waals surface area contributed by atoms with Crippen LogP contribution in [0.1, 0.15) is 13.8 Å². The van der Waals surface area contributed by atoms with Crippen LogP contribution in [0, 0.1) is 0 Å². The SMILES string of the molecule is CCN(C)C(=S)[S-].CCN(C)C(=S)[S-].[Mg+2]. The molecule has 0 aliphatic carbocycles. The van der Waals surface area contributed by atoms with Crippen LogP contribution in [-0.2, 0) is 25.3 Å². The Hall–Kier alpha value is 0.986. The van der Waals surface area contributed by atoms with Crippen molar-refractivity contribution in [3.63, 3.8) is 0 Å². The predicted octanol–water partition coefficient (Wildman–Crippen LogP) is 1.16. The summed E-state index contributed by atoms with van der Waals surface area (Å²) < 4.78 is 1.09. The number of hydrogen-bond donors (Lipinski definition) is 0. The van der Waals surface area contributed by atoms with Gasteiger partial charge in [0.1, 0.15) is 0 Å². The minimum atomic E-state index is 0. The average molecular weight is 293 g/mol. The van der Waals surface area contributed by atoms with Crippen molar-refractivity contribution in [1.82, 2.24) is 9.80 Å². The van der Waals surface area contributed by atoms with Gasteiger partial charge in [0, 0.05) is 27.2 Å². The zero-order chi connectivity index (χ0) is 11.7. The zero-order valence-electron chi connectivity index (χ0n) is 9.65. The zero-order valence-corrected chi connectivity index (χ0v) is 14.3. The van der Waals surface area contributed by atoms with Crippen molar-refractivity contribution in [2.24, 2.45) is 0 Å². The first-order chi connectivity index (χ1) is 6.36. The summed E-state index contributed by atoms with van der Waals surface area (Å²) in [7, 11) is 3.77. The molecule has 84 valence electrons. The second kappa shape index (κ2) is 13.1. The van der Waals surface area contributed by atoms with Crippen LogP contribution in [0.15, 0.2) is 0 Å². The summed E-state index contributed by atoms with van der Waals surface area (Å²) in [5.41, 5.74) is 0. The maximum atomic E-state index is 4.66. The summed E-state index contributed by atoms with van der Waals surface area (Å²) in [5.74, 6) is 0. The molecule has 0 aromatic carbocycles. The second-order valence-corrected chi connectivity index (χ2v) is 4.62. The van der Waals surface area contributed by atoms with Crippen LogP contribution in [0.25, 0.3) is 0 Å². The van der Waals surface area contributed by atoms with Crippen molar-refractivity contribution in [2.75, 3.05) is 27.2 Å². The molecule has 0 radical (unpaired) electrons. The van der Waals surface area contributed by atoms with Crippen molar-refractivity contribution in [3.8, 4) is 0 Å². The standard InChI is InChI=1S/2C4H9NS2.Mg/c2*1-3-5(2)4(6)7;/h2*3H2,1-2H3,(H,6,7);/q;;+2/p-2. The molecule has 0 bridgehead atoms. The third-order valence-electron chi connectivity index (χ3n) is 1.57. The van der Waals surface area contributed by atoms with Gasteiger partial charge in [-0.25, -0.2) is 0 Å². The van der Waals surface area contributed by atoms with E-state index in [1.165, 1.54) is 0 Å². The van der Waals surface area contributed by atoms with Crippen LogP contribution >= 0.6 is 24.4 Å². The van der Waals surface area contributed by atoms with Gasteiger partial charge in [-0.2, -0.15) is 0 Å². The molecule has 0 rings (SSSR count). The molecule has 0 heterocycles. The van der Waals surface area contributed by atoms with Gasteiger partial charge >= 0.3 is 23.1 Å². The number of hydrogen-bond acceptors (Lipinski definition) is 4. The molecule has 0 saturated carbocycles. The molecule has 0 fully saturated rings. The van der Waals surface area contributed by atoms with Gasteiger partial charge in [-0.3, -0.25) is 0 Å². The molecule has 0 spiro atoms. The molecule has 7 heteroatoms. The summed E-state index contributed by atoms with van der Waals surface area (Å²) in [6.07, 6.45) is 0. The predicted molar refractivity (Wildman–Crippen MR) is 82.3 cm³/mol. The largest absolute Gasteiger partial charge is 2.00 e. The molecule has 0 aromatic heterocycles. The van der Waals surface area contributed by atoms with E-state index in [0.717, 1.165) is 13.1 Å². The quantitative estimate of drug-likeness (QED) is 0.425. The molecule has 0 atom stereocenters. The topological polar surface area (TPSA) is 6.48 Å².